The Kier molecular flexibility index (Phi) is 6.77. The zero-order valence-corrected chi connectivity index (χ0v) is 13.2. The van der Waals surface area contributed by atoms with Crippen LogP contribution in [-0.4, -0.2) is 36.7 Å². The van der Waals surface area contributed by atoms with Crippen LogP contribution >= 0.6 is 15.9 Å². The minimum absolute atomic E-state index is 0.0172. The van der Waals surface area contributed by atoms with Gasteiger partial charge in [-0.15, -0.1) is 0 Å². The molecule has 2 amide bonds. The third-order valence-electron chi connectivity index (χ3n) is 2.57. The van der Waals surface area contributed by atoms with Crippen molar-refractivity contribution >= 4 is 39.6 Å². The summed E-state index contributed by atoms with van der Waals surface area (Å²) in [6, 6.07) is 1.49. The molecule has 9 heteroatoms. The van der Waals surface area contributed by atoms with Gasteiger partial charge >= 0.3 is 18.0 Å². The summed E-state index contributed by atoms with van der Waals surface area (Å²) in [5.41, 5.74) is -0.0697. The van der Waals surface area contributed by atoms with Crippen molar-refractivity contribution in [3.05, 3.63) is 28.0 Å². The van der Waals surface area contributed by atoms with Crippen LogP contribution in [-0.2, 0) is 9.53 Å². The van der Waals surface area contributed by atoms with Crippen LogP contribution in [0.1, 0.15) is 23.2 Å². The summed E-state index contributed by atoms with van der Waals surface area (Å²) in [5.74, 6) is -2.36. The monoisotopic (exact) mass is 376 g/mol. The first-order chi connectivity index (χ1) is 10.3. The first-order valence-electron chi connectivity index (χ1n) is 6.19. The van der Waals surface area contributed by atoms with Crippen molar-refractivity contribution in [1.29, 1.82) is 0 Å². The molecule has 1 aromatic carbocycles. The highest BCUT2D eigenvalue weighted by Gasteiger charge is 2.17. The minimum atomic E-state index is -0.967. The zero-order chi connectivity index (χ0) is 16.7. The molecule has 1 rings (SSSR count). The van der Waals surface area contributed by atoms with Crippen LogP contribution in [0.2, 0.25) is 0 Å². The predicted molar refractivity (Wildman–Crippen MR) is 79.3 cm³/mol. The number of carboxylic acid groups (broad SMARTS) is 1. The van der Waals surface area contributed by atoms with E-state index in [0.29, 0.717) is 0 Å². The summed E-state index contributed by atoms with van der Waals surface area (Å²) in [6.45, 7) is 0.130. The molecule has 120 valence electrons. The summed E-state index contributed by atoms with van der Waals surface area (Å²) in [6.07, 6.45) is 0.169. The number of rotatable bonds is 6. The molecular formula is C13H14BrFN2O5. The fraction of sp³-hybridized carbons (Fsp3) is 0.308. The van der Waals surface area contributed by atoms with Gasteiger partial charge in [-0.25, -0.2) is 14.0 Å². The molecule has 0 fully saturated rings. The average molecular weight is 377 g/mol. The standard InChI is InChI=1S/C13H14BrFN2O5/c1-22-12(20)7-5-8(14)9(15)6-10(7)17-13(21)16-4-2-3-11(18)19/h5-6H,2-4H2,1H3,(H,18,19)(H2,16,17,21). The van der Waals surface area contributed by atoms with Gasteiger partial charge in [-0.3, -0.25) is 4.79 Å². The van der Waals surface area contributed by atoms with Crippen molar-refractivity contribution in [3.63, 3.8) is 0 Å². The lowest BCUT2D eigenvalue weighted by molar-refractivity contribution is -0.137. The maximum absolute atomic E-state index is 13.5. The molecule has 22 heavy (non-hydrogen) atoms. The second-order valence-electron chi connectivity index (χ2n) is 4.18. The van der Waals surface area contributed by atoms with Crippen molar-refractivity contribution in [2.75, 3.05) is 19.0 Å². The van der Waals surface area contributed by atoms with E-state index in [1.165, 1.54) is 6.07 Å². The second-order valence-corrected chi connectivity index (χ2v) is 5.04. The van der Waals surface area contributed by atoms with Gasteiger partial charge in [-0.05, 0) is 34.5 Å². The van der Waals surface area contributed by atoms with Crippen molar-refractivity contribution in [3.8, 4) is 0 Å². The minimum Gasteiger partial charge on any atom is -0.481 e. The van der Waals surface area contributed by atoms with Gasteiger partial charge in [0.1, 0.15) is 5.82 Å². The lowest BCUT2D eigenvalue weighted by Crippen LogP contribution is -2.30. The topological polar surface area (TPSA) is 105 Å². The van der Waals surface area contributed by atoms with Gasteiger partial charge in [0.2, 0.25) is 0 Å². The third-order valence-corrected chi connectivity index (χ3v) is 3.17. The smallest absolute Gasteiger partial charge is 0.340 e. The number of amides is 2. The van der Waals surface area contributed by atoms with Crippen molar-refractivity contribution in [2.45, 2.75) is 12.8 Å². The molecule has 3 N–H and O–H groups in total. The molecule has 0 spiro atoms. The number of carboxylic acids is 1. The maximum Gasteiger partial charge on any atom is 0.340 e. The average Bonchev–Trinajstić information content (AvgIpc) is 2.46. The van der Waals surface area contributed by atoms with E-state index in [0.717, 1.165) is 13.2 Å². The Morgan fingerprint density at radius 2 is 2.05 bits per heavy atom. The van der Waals surface area contributed by atoms with Gasteiger partial charge < -0.3 is 20.5 Å². The SMILES string of the molecule is COC(=O)c1cc(Br)c(F)cc1NC(=O)NCCCC(=O)O. The zero-order valence-electron chi connectivity index (χ0n) is 11.6. The molecule has 0 saturated heterocycles. The van der Waals surface area contributed by atoms with E-state index >= 15 is 0 Å². The van der Waals surface area contributed by atoms with Crippen LogP contribution in [0.5, 0.6) is 0 Å². The Balaban J connectivity index is 2.75. The first-order valence-corrected chi connectivity index (χ1v) is 6.98. The Morgan fingerprint density at radius 3 is 2.64 bits per heavy atom. The summed E-state index contributed by atoms with van der Waals surface area (Å²) in [4.78, 5) is 33.6. The molecule has 0 aliphatic carbocycles. The van der Waals surface area contributed by atoms with Crippen molar-refractivity contribution in [2.24, 2.45) is 0 Å². The van der Waals surface area contributed by atoms with Crippen LogP contribution in [0.25, 0.3) is 0 Å². The Labute approximate surface area is 134 Å². The molecule has 0 saturated carbocycles. The van der Waals surface area contributed by atoms with E-state index in [-0.39, 0.29) is 35.1 Å². The molecular weight excluding hydrogens is 363 g/mol. The maximum atomic E-state index is 13.5. The number of halogens is 2. The molecule has 0 heterocycles. The van der Waals surface area contributed by atoms with E-state index < -0.39 is 23.8 Å². The highest BCUT2D eigenvalue weighted by atomic mass is 79.9. The quantitative estimate of drug-likeness (QED) is 0.522. The van der Waals surface area contributed by atoms with E-state index in [4.69, 9.17) is 5.11 Å². The van der Waals surface area contributed by atoms with Gasteiger partial charge in [-0.2, -0.15) is 0 Å². The Morgan fingerprint density at radius 1 is 1.36 bits per heavy atom. The summed E-state index contributed by atoms with van der Waals surface area (Å²) in [5, 5.41) is 13.2. The number of carbonyl (C=O) groups is 3. The van der Waals surface area contributed by atoms with Crippen molar-refractivity contribution < 1.29 is 28.6 Å². The number of aliphatic carboxylic acids is 1. The largest absolute Gasteiger partial charge is 0.481 e. The number of ether oxygens (including phenoxy) is 1. The van der Waals surface area contributed by atoms with Crippen molar-refractivity contribution in [1.82, 2.24) is 5.32 Å². The van der Waals surface area contributed by atoms with Gasteiger partial charge in [0.05, 0.1) is 22.8 Å². The summed E-state index contributed by atoms with van der Waals surface area (Å²) >= 11 is 2.94. The fourth-order valence-corrected chi connectivity index (χ4v) is 1.88. The molecule has 0 radical (unpaired) electrons. The molecule has 0 bridgehead atoms. The number of esters is 1. The summed E-state index contributed by atoms with van der Waals surface area (Å²) in [7, 11) is 1.16. The Bertz CT molecular complexity index is 594. The number of hydrogen-bond acceptors (Lipinski definition) is 4. The van der Waals surface area contributed by atoms with Gasteiger partial charge in [0.25, 0.3) is 0 Å². The molecule has 1 aromatic rings. The van der Waals surface area contributed by atoms with E-state index in [2.05, 4.69) is 31.3 Å². The first kappa shape index (κ1) is 17.9. The van der Waals surface area contributed by atoms with Gasteiger partial charge in [-0.1, -0.05) is 0 Å². The van der Waals surface area contributed by atoms with Crippen LogP contribution in [0.15, 0.2) is 16.6 Å². The number of carbonyl (C=O) groups excluding carboxylic acids is 2. The predicted octanol–water partition coefficient (Wildman–Crippen LogP) is 2.36. The van der Waals surface area contributed by atoms with Crippen LogP contribution in [0, 0.1) is 5.82 Å². The van der Waals surface area contributed by atoms with Crippen LogP contribution in [0.3, 0.4) is 0 Å². The lowest BCUT2D eigenvalue weighted by atomic mass is 10.1. The number of urea groups is 1. The molecule has 0 unspecified atom stereocenters. The van der Waals surface area contributed by atoms with Gasteiger partial charge in [0.15, 0.2) is 0 Å². The normalized spacial score (nSPS) is 9.95. The number of methoxy groups -OCH3 is 1. The number of hydrogen-bond donors (Lipinski definition) is 3. The molecule has 0 aliphatic heterocycles. The molecule has 7 nitrogen and oxygen atoms in total. The van der Waals surface area contributed by atoms with Gasteiger partial charge in [0, 0.05) is 13.0 Å². The second kappa shape index (κ2) is 8.32. The number of benzene rings is 1. The fourth-order valence-electron chi connectivity index (χ4n) is 1.54. The highest BCUT2D eigenvalue weighted by molar-refractivity contribution is 9.10. The molecule has 0 atom stereocenters. The summed E-state index contributed by atoms with van der Waals surface area (Å²) < 4.78 is 18.2. The third kappa shape index (κ3) is 5.32. The highest BCUT2D eigenvalue weighted by Crippen LogP contribution is 2.25. The number of nitrogens with one attached hydrogen (secondary N) is 2. The number of anilines is 1. The molecule has 0 aromatic heterocycles. The van der Waals surface area contributed by atoms with E-state index in [9.17, 15) is 18.8 Å². The Hall–Kier alpha value is -2.16. The lowest BCUT2D eigenvalue weighted by Gasteiger charge is -2.11. The van der Waals surface area contributed by atoms with E-state index in [1.807, 2.05) is 0 Å². The molecule has 0 aliphatic rings. The van der Waals surface area contributed by atoms with Crippen LogP contribution in [0.4, 0.5) is 14.9 Å². The van der Waals surface area contributed by atoms with E-state index in [1.54, 1.807) is 0 Å². The van der Waals surface area contributed by atoms with Crippen LogP contribution < -0.4 is 10.6 Å².